The monoisotopic (exact) mass is 508 g/mol. The molecule has 2 aromatic rings. The van der Waals surface area contributed by atoms with Crippen molar-refractivity contribution in [1.82, 2.24) is 15.1 Å². The highest BCUT2D eigenvalue weighted by atomic mass is 32.1. The molecule has 2 atom stereocenters. The standard InChI is InChI=1S/C26H35F3N4OS/c27-26(28,29)20-5-6-21-23(18-35-24(21)16-20)33-13-11-32(12-14-33)17-19-15-22(19)25(34)30-7-4-10-31-8-2-1-3-9-31/h5-6,16,18-19,22H,1-4,7-15,17H2,(H,30,34)/t19-,22+/m0/s1. The van der Waals surface area contributed by atoms with E-state index in [-0.39, 0.29) is 11.8 Å². The van der Waals surface area contributed by atoms with Gasteiger partial charge < -0.3 is 15.1 Å². The number of carbonyl (C=O) groups excluding carboxylic acids is 1. The van der Waals surface area contributed by atoms with E-state index in [0.717, 1.165) is 69.7 Å². The molecule has 1 aliphatic carbocycles. The number of anilines is 1. The van der Waals surface area contributed by atoms with E-state index in [0.29, 0.717) is 10.6 Å². The van der Waals surface area contributed by atoms with Gasteiger partial charge in [0.15, 0.2) is 0 Å². The van der Waals surface area contributed by atoms with Crippen LogP contribution in [0.25, 0.3) is 10.1 Å². The Balaban J connectivity index is 1.03. The Labute approximate surface area is 209 Å². The van der Waals surface area contributed by atoms with Crippen molar-refractivity contribution in [2.24, 2.45) is 11.8 Å². The lowest BCUT2D eigenvalue weighted by molar-refractivity contribution is -0.137. The lowest BCUT2D eigenvalue weighted by Crippen LogP contribution is -2.47. The van der Waals surface area contributed by atoms with Crippen molar-refractivity contribution < 1.29 is 18.0 Å². The summed E-state index contributed by atoms with van der Waals surface area (Å²) >= 11 is 1.38. The van der Waals surface area contributed by atoms with Crippen LogP contribution in [0.4, 0.5) is 18.9 Å². The highest BCUT2D eigenvalue weighted by Gasteiger charge is 2.43. The number of nitrogens with zero attached hydrogens (tertiary/aromatic N) is 3. The smallest absolute Gasteiger partial charge is 0.368 e. The largest absolute Gasteiger partial charge is 0.416 e. The topological polar surface area (TPSA) is 38.8 Å². The summed E-state index contributed by atoms with van der Waals surface area (Å²) < 4.78 is 39.7. The molecule has 1 aromatic carbocycles. The molecule has 3 heterocycles. The van der Waals surface area contributed by atoms with Crippen molar-refractivity contribution in [3.8, 4) is 0 Å². The van der Waals surface area contributed by atoms with Gasteiger partial charge in [-0.1, -0.05) is 12.5 Å². The predicted molar refractivity (Wildman–Crippen MR) is 135 cm³/mol. The predicted octanol–water partition coefficient (Wildman–Crippen LogP) is 4.67. The van der Waals surface area contributed by atoms with Gasteiger partial charge in [-0.3, -0.25) is 9.69 Å². The first-order valence-corrected chi connectivity index (χ1v) is 13.8. The number of fused-ring (bicyclic) bond motifs is 1. The molecule has 0 spiro atoms. The molecule has 5 nitrogen and oxygen atoms in total. The maximum Gasteiger partial charge on any atom is 0.416 e. The van der Waals surface area contributed by atoms with Gasteiger partial charge in [0, 0.05) is 60.7 Å². The fourth-order valence-electron chi connectivity index (χ4n) is 5.54. The first-order chi connectivity index (χ1) is 16.9. The van der Waals surface area contributed by atoms with Crippen LogP contribution in [0.2, 0.25) is 0 Å². The number of alkyl halides is 3. The summed E-state index contributed by atoms with van der Waals surface area (Å²) in [6.45, 7) is 8.76. The second-order valence-electron chi connectivity index (χ2n) is 10.3. The zero-order valence-corrected chi connectivity index (χ0v) is 21.0. The highest BCUT2D eigenvalue weighted by molar-refractivity contribution is 7.17. The van der Waals surface area contributed by atoms with E-state index < -0.39 is 11.7 Å². The second-order valence-corrected chi connectivity index (χ2v) is 11.2. The number of likely N-dealkylation sites (tertiary alicyclic amines) is 1. The summed E-state index contributed by atoms with van der Waals surface area (Å²) in [7, 11) is 0. The van der Waals surface area contributed by atoms with Gasteiger partial charge in [0.25, 0.3) is 0 Å². The SMILES string of the molecule is O=C(NCCCN1CCCCC1)[C@@H]1C[C@H]1CN1CCN(c2csc3cc(C(F)(F)F)ccc23)CC1. The van der Waals surface area contributed by atoms with Crippen LogP contribution in [-0.2, 0) is 11.0 Å². The second kappa shape index (κ2) is 10.6. The molecule has 1 N–H and O–H groups in total. The number of nitrogens with one attached hydrogen (secondary N) is 1. The molecule has 5 rings (SSSR count). The van der Waals surface area contributed by atoms with Crippen molar-refractivity contribution in [3.63, 3.8) is 0 Å². The molecule has 2 saturated heterocycles. The van der Waals surface area contributed by atoms with Crippen LogP contribution in [0.15, 0.2) is 23.6 Å². The molecule has 35 heavy (non-hydrogen) atoms. The average Bonchev–Trinajstić information content (AvgIpc) is 3.49. The maximum absolute atomic E-state index is 13.0. The van der Waals surface area contributed by atoms with Crippen molar-refractivity contribution in [2.75, 3.05) is 63.8 Å². The third-order valence-electron chi connectivity index (χ3n) is 7.75. The van der Waals surface area contributed by atoms with E-state index in [1.165, 1.54) is 55.8 Å². The third kappa shape index (κ3) is 6.12. The molecule has 1 aromatic heterocycles. The molecule has 0 unspecified atom stereocenters. The van der Waals surface area contributed by atoms with Crippen molar-refractivity contribution in [1.29, 1.82) is 0 Å². The Kier molecular flexibility index (Phi) is 7.55. The lowest BCUT2D eigenvalue weighted by Gasteiger charge is -2.36. The van der Waals surface area contributed by atoms with Crippen molar-refractivity contribution in [2.45, 2.75) is 38.3 Å². The van der Waals surface area contributed by atoms with E-state index >= 15 is 0 Å². The molecule has 1 amide bonds. The normalized spacial score (nSPS) is 24.1. The van der Waals surface area contributed by atoms with Crippen LogP contribution >= 0.6 is 11.3 Å². The Morgan fingerprint density at radius 1 is 1.03 bits per heavy atom. The number of halogens is 3. The number of hydrogen-bond donors (Lipinski definition) is 1. The Morgan fingerprint density at radius 3 is 2.54 bits per heavy atom. The van der Waals surface area contributed by atoms with Gasteiger partial charge in [-0.2, -0.15) is 13.2 Å². The van der Waals surface area contributed by atoms with Gasteiger partial charge in [0.1, 0.15) is 0 Å². The van der Waals surface area contributed by atoms with Gasteiger partial charge in [-0.15, -0.1) is 11.3 Å². The maximum atomic E-state index is 13.0. The molecule has 0 radical (unpaired) electrons. The molecule has 3 aliphatic rings. The van der Waals surface area contributed by atoms with Gasteiger partial charge >= 0.3 is 6.18 Å². The summed E-state index contributed by atoms with van der Waals surface area (Å²) in [6, 6.07) is 4.04. The van der Waals surface area contributed by atoms with E-state index in [1.54, 1.807) is 6.07 Å². The van der Waals surface area contributed by atoms with Crippen LogP contribution in [0.5, 0.6) is 0 Å². The summed E-state index contributed by atoms with van der Waals surface area (Å²) in [4.78, 5) is 19.7. The van der Waals surface area contributed by atoms with E-state index in [4.69, 9.17) is 0 Å². The fourth-order valence-corrected chi connectivity index (χ4v) is 6.55. The van der Waals surface area contributed by atoms with Crippen molar-refractivity contribution >= 4 is 33.0 Å². The van der Waals surface area contributed by atoms with Crippen molar-refractivity contribution in [3.05, 3.63) is 29.1 Å². The number of rotatable bonds is 8. The van der Waals surface area contributed by atoms with Crippen LogP contribution in [0.1, 0.15) is 37.7 Å². The van der Waals surface area contributed by atoms with E-state index in [1.807, 2.05) is 5.38 Å². The number of piperidine rings is 1. The number of hydrogen-bond acceptors (Lipinski definition) is 5. The molecule has 1 saturated carbocycles. The Bertz CT molecular complexity index is 1010. The lowest BCUT2D eigenvalue weighted by atomic mass is 10.1. The van der Waals surface area contributed by atoms with Crippen LogP contribution in [-0.4, -0.2) is 74.6 Å². The summed E-state index contributed by atoms with van der Waals surface area (Å²) in [6.07, 6.45) is 1.65. The number of benzene rings is 1. The van der Waals surface area contributed by atoms with Gasteiger partial charge in [0.05, 0.1) is 11.3 Å². The minimum Gasteiger partial charge on any atom is -0.368 e. The summed E-state index contributed by atoms with van der Waals surface area (Å²) in [5.41, 5.74) is 0.444. The molecule has 9 heteroatoms. The third-order valence-corrected chi connectivity index (χ3v) is 8.68. The summed E-state index contributed by atoms with van der Waals surface area (Å²) in [5.74, 6) is 0.827. The quantitative estimate of drug-likeness (QED) is 0.526. The first kappa shape index (κ1) is 24.8. The van der Waals surface area contributed by atoms with Gasteiger partial charge in [-0.05, 0) is 63.4 Å². The highest BCUT2D eigenvalue weighted by Crippen LogP contribution is 2.40. The zero-order chi connectivity index (χ0) is 24.4. The molecule has 2 aliphatic heterocycles. The van der Waals surface area contributed by atoms with Gasteiger partial charge in [0.2, 0.25) is 5.91 Å². The van der Waals surface area contributed by atoms with Crippen LogP contribution in [0, 0.1) is 11.8 Å². The van der Waals surface area contributed by atoms with Gasteiger partial charge in [-0.25, -0.2) is 0 Å². The van der Waals surface area contributed by atoms with E-state index in [2.05, 4.69) is 20.0 Å². The number of carbonyl (C=O) groups is 1. The number of amides is 1. The molecular formula is C26H35F3N4OS. The Hall–Kier alpha value is -1.84. The number of thiophene rings is 1. The minimum atomic E-state index is -4.31. The minimum absolute atomic E-state index is 0.159. The fraction of sp³-hybridized carbons (Fsp3) is 0.654. The molecule has 0 bridgehead atoms. The van der Waals surface area contributed by atoms with Crippen LogP contribution in [0.3, 0.4) is 0 Å². The molecule has 192 valence electrons. The summed E-state index contributed by atoms with van der Waals surface area (Å²) in [5, 5.41) is 6.02. The first-order valence-electron chi connectivity index (χ1n) is 12.9. The molecule has 3 fully saturated rings. The molecular weight excluding hydrogens is 473 g/mol. The number of piperazine rings is 1. The van der Waals surface area contributed by atoms with E-state index in [9.17, 15) is 18.0 Å². The Morgan fingerprint density at radius 2 is 1.80 bits per heavy atom. The zero-order valence-electron chi connectivity index (χ0n) is 20.2. The average molecular weight is 509 g/mol. The van der Waals surface area contributed by atoms with Crippen LogP contribution < -0.4 is 10.2 Å².